The highest BCUT2D eigenvalue weighted by molar-refractivity contribution is 5.37. The van der Waals surface area contributed by atoms with Crippen LogP contribution in [0.5, 0.6) is 5.75 Å². The number of hydrogen-bond acceptors (Lipinski definition) is 3. The van der Waals surface area contributed by atoms with Gasteiger partial charge in [0.25, 0.3) is 0 Å². The summed E-state index contributed by atoms with van der Waals surface area (Å²) in [6, 6.07) is 5.56. The van der Waals surface area contributed by atoms with Crippen LogP contribution in [0.15, 0.2) is 18.2 Å². The standard InChI is InChI=1S/C13H20O3/c1-8-7-12(10(3)15)5-6-13(8)16-11(4)9(2)14/h5-7,9-11,14-15H,1-4H3/t9?,10-,11?/m1/s1. The van der Waals surface area contributed by atoms with Gasteiger partial charge in [-0.1, -0.05) is 6.07 Å². The summed E-state index contributed by atoms with van der Waals surface area (Å²) >= 11 is 0. The molecule has 3 heteroatoms. The van der Waals surface area contributed by atoms with Crippen LogP contribution < -0.4 is 4.74 Å². The molecule has 0 saturated heterocycles. The van der Waals surface area contributed by atoms with Crippen LogP contribution in [0.2, 0.25) is 0 Å². The molecule has 2 unspecified atom stereocenters. The second-order valence-corrected chi connectivity index (χ2v) is 4.26. The molecule has 0 aromatic heterocycles. The van der Waals surface area contributed by atoms with Crippen molar-refractivity contribution in [1.82, 2.24) is 0 Å². The summed E-state index contributed by atoms with van der Waals surface area (Å²) in [7, 11) is 0. The minimum absolute atomic E-state index is 0.240. The van der Waals surface area contributed by atoms with Gasteiger partial charge in [0, 0.05) is 0 Å². The Labute approximate surface area is 96.7 Å². The highest BCUT2D eigenvalue weighted by atomic mass is 16.5. The lowest BCUT2D eigenvalue weighted by molar-refractivity contribution is 0.0599. The molecule has 0 aliphatic rings. The Morgan fingerprint density at radius 3 is 2.19 bits per heavy atom. The Balaban J connectivity index is 2.83. The molecule has 0 aliphatic heterocycles. The van der Waals surface area contributed by atoms with E-state index < -0.39 is 12.2 Å². The molecule has 0 bridgehead atoms. The summed E-state index contributed by atoms with van der Waals surface area (Å²) in [5.74, 6) is 0.748. The first-order valence-electron chi connectivity index (χ1n) is 5.55. The Hall–Kier alpha value is -1.06. The zero-order chi connectivity index (χ0) is 12.3. The Morgan fingerprint density at radius 2 is 1.75 bits per heavy atom. The Morgan fingerprint density at radius 1 is 1.12 bits per heavy atom. The topological polar surface area (TPSA) is 49.7 Å². The number of ether oxygens (including phenoxy) is 1. The summed E-state index contributed by atoms with van der Waals surface area (Å²) in [6.45, 7) is 7.18. The average Bonchev–Trinajstić information content (AvgIpc) is 2.20. The second-order valence-electron chi connectivity index (χ2n) is 4.26. The first kappa shape index (κ1) is 13.0. The van der Waals surface area contributed by atoms with Crippen LogP contribution in [0.25, 0.3) is 0 Å². The van der Waals surface area contributed by atoms with Gasteiger partial charge in [-0.05, 0) is 51.0 Å². The Bertz CT molecular complexity index is 345. The van der Waals surface area contributed by atoms with Crippen molar-refractivity contribution in [2.24, 2.45) is 0 Å². The molecule has 0 fully saturated rings. The molecule has 3 nitrogen and oxygen atoms in total. The van der Waals surface area contributed by atoms with Crippen molar-refractivity contribution < 1.29 is 14.9 Å². The molecular formula is C13H20O3. The Kier molecular flexibility index (Phi) is 4.33. The van der Waals surface area contributed by atoms with Gasteiger partial charge in [-0.25, -0.2) is 0 Å². The van der Waals surface area contributed by atoms with Crippen LogP contribution in [0.4, 0.5) is 0 Å². The van der Waals surface area contributed by atoms with Crippen LogP contribution in [0.3, 0.4) is 0 Å². The predicted molar refractivity (Wildman–Crippen MR) is 63.6 cm³/mol. The summed E-state index contributed by atoms with van der Waals surface area (Å²) in [6.07, 6.45) is -1.21. The zero-order valence-corrected chi connectivity index (χ0v) is 10.3. The van der Waals surface area contributed by atoms with Crippen LogP contribution in [0.1, 0.15) is 38.0 Å². The van der Waals surface area contributed by atoms with Gasteiger partial charge in [-0.3, -0.25) is 0 Å². The van der Waals surface area contributed by atoms with Crippen molar-refractivity contribution >= 4 is 0 Å². The predicted octanol–water partition coefficient (Wildman–Crippen LogP) is 2.20. The maximum absolute atomic E-state index is 9.43. The summed E-state index contributed by atoms with van der Waals surface area (Å²) in [5, 5.41) is 18.8. The summed E-state index contributed by atoms with van der Waals surface area (Å²) < 4.78 is 5.61. The molecule has 0 heterocycles. The van der Waals surface area contributed by atoms with Crippen molar-refractivity contribution in [1.29, 1.82) is 0 Å². The van der Waals surface area contributed by atoms with Gasteiger partial charge in [0.15, 0.2) is 0 Å². The van der Waals surface area contributed by atoms with E-state index in [0.29, 0.717) is 0 Å². The molecule has 0 aliphatic carbocycles. The van der Waals surface area contributed by atoms with Gasteiger partial charge >= 0.3 is 0 Å². The lowest BCUT2D eigenvalue weighted by atomic mass is 10.1. The minimum atomic E-state index is -0.504. The van der Waals surface area contributed by atoms with Crippen molar-refractivity contribution in [2.45, 2.75) is 46.0 Å². The monoisotopic (exact) mass is 224 g/mol. The van der Waals surface area contributed by atoms with Crippen molar-refractivity contribution in [2.75, 3.05) is 0 Å². The fourth-order valence-electron chi connectivity index (χ4n) is 1.36. The zero-order valence-electron chi connectivity index (χ0n) is 10.3. The van der Waals surface area contributed by atoms with Crippen molar-refractivity contribution in [3.63, 3.8) is 0 Å². The van der Waals surface area contributed by atoms with Gasteiger partial charge in [0.1, 0.15) is 11.9 Å². The van der Waals surface area contributed by atoms with Crippen molar-refractivity contribution in [3.8, 4) is 5.75 Å². The molecule has 0 amide bonds. The lowest BCUT2D eigenvalue weighted by Crippen LogP contribution is -2.25. The van der Waals surface area contributed by atoms with Gasteiger partial charge in [0.05, 0.1) is 12.2 Å². The van der Waals surface area contributed by atoms with E-state index >= 15 is 0 Å². The number of aliphatic hydroxyl groups is 2. The number of benzene rings is 1. The fraction of sp³-hybridized carbons (Fsp3) is 0.538. The van der Waals surface area contributed by atoms with E-state index in [4.69, 9.17) is 4.74 Å². The van der Waals surface area contributed by atoms with Gasteiger partial charge in [-0.15, -0.1) is 0 Å². The maximum atomic E-state index is 9.43. The first-order chi connectivity index (χ1) is 7.41. The molecule has 1 aromatic carbocycles. The number of aryl methyl sites for hydroxylation is 1. The third-order valence-corrected chi connectivity index (χ3v) is 2.67. The number of hydrogen-bond donors (Lipinski definition) is 2. The SMILES string of the molecule is Cc1cc([C@@H](C)O)ccc1OC(C)C(C)O. The summed E-state index contributed by atoms with van der Waals surface area (Å²) in [4.78, 5) is 0. The highest BCUT2D eigenvalue weighted by Crippen LogP contribution is 2.23. The quantitative estimate of drug-likeness (QED) is 0.824. The number of aliphatic hydroxyl groups excluding tert-OH is 2. The smallest absolute Gasteiger partial charge is 0.122 e. The molecule has 1 rings (SSSR count). The molecule has 0 radical (unpaired) electrons. The first-order valence-corrected chi connectivity index (χ1v) is 5.55. The highest BCUT2D eigenvalue weighted by Gasteiger charge is 2.12. The second kappa shape index (κ2) is 5.32. The third kappa shape index (κ3) is 3.22. The van der Waals surface area contributed by atoms with Crippen LogP contribution in [-0.2, 0) is 0 Å². The minimum Gasteiger partial charge on any atom is -0.488 e. The van der Waals surface area contributed by atoms with Gasteiger partial charge in [-0.2, -0.15) is 0 Å². The molecule has 0 spiro atoms. The van der Waals surface area contributed by atoms with E-state index in [2.05, 4.69) is 0 Å². The van der Waals surface area contributed by atoms with E-state index in [1.54, 1.807) is 13.8 Å². The van der Waals surface area contributed by atoms with E-state index in [1.165, 1.54) is 0 Å². The van der Waals surface area contributed by atoms with E-state index in [-0.39, 0.29) is 6.10 Å². The lowest BCUT2D eigenvalue weighted by Gasteiger charge is -2.19. The van der Waals surface area contributed by atoms with Gasteiger partial charge < -0.3 is 14.9 Å². The van der Waals surface area contributed by atoms with Crippen molar-refractivity contribution in [3.05, 3.63) is 29.3 Å². The molecule has 1 aromatic rings. The maximum Gasteiger partial charge on any atom is 0.122 e. The van der Waals surface area contributed by atoms with Crippen LogP contribution in [0, 0.1) is 6.92 Å². The third-order valence-electron chi connectivity index (χ3n) is 2.67. The number of rotatable bonds is 4. The van der Waals surface area contributed by atoms with Gasteiger partial charge in [0.2, 0.25) is 0 Å². The molecule has 90 valence electrons. The molecule has 16 heavy (non-hydrogen) atoms. The summed E-state index contributed by atoms with van der Waals surface area (Å²) in [5.41, 5.74) is 1.83. The molecule has 3 atom stereocenters. The van der Waals surface area contributed by atoms with E-state index in [1.807, 2.05) is 32.0 Å². The molecular weight excluding hydrogens is 204 g/mol. The largest absolute Gasteiger partial charge is 0.488 e. The molecule has 0 saturated carbocycles. The normalized spacial score (nSPS) is 16.6. The average molecular weight is 224 g/mol. The van der Waals surface area contributed by atoms with E-state index in [0.717, 1.165) is 16.9 Å². The molecule has 2 N–H and O–H groups in total. The van der Waals surface area contributed by atoms with Crippen LogP contribution >= 0.6 is 0 Å². The van der Waals surface area contributed by atoms with Crippen LogP contribution in [-0.4, -0.2) is 22.4 Å². The van der Waals surface area contributed by atoms with E-state index in [9.17, 15) is 10.2 Å². The fourth-order valence-corrected chi connectivity index (χ4v) is 1.36.